The van der Waals surface area contributed by atoms with E-state index < -0.39 is 0 Å². The Kier molecular flexibility index (Phi) is 3.89. The minimum atomic E-state index is 0.587. The number of benzene rings is 1. The summed E-state index contributed by atoms with van der Waals surface area (Å²) in [6.07, 6.45) is 2.09. The minimum absolute atomic E-state index is 0.587. The number of para-hydroxylation sites is 1. The first-order valence-electron chi connectivity index (χ1n) is 6.15. The molecule has 4 heteroatoms. The van der Waals surface area contributed by atoms with E-state index in [0.717, 1.165) is 19.5 Å². The molecule has 1 unspecified atom stereocenters. The van der Waals surface area contributed by atoms with Crippen LogP contribution in [-0.2, 0) is 6.42 Å². The molecule has 4 nitrogen and oxygen atoms in total. The normalized spacial score (nSPS) is 18.4. The van der Waals surface area contributed by atoms with Crippen LogP contribution in [0.3, 0.4) is 0 Å². The summed E-state index contributed by atoms with van der Waals surface area (Å²) < 4.78 is 0. The second kappa shape index (κ2) is 5.60. The fraction of sp³-hybridized carbons (Fsp3) is 0.538. The van der Waals surface area contributed by atoms with Gasteiger partial charge in [0.05, 0.1) is 0 Å². The predicted molar refractivity (Wildman–Crippen MR) is 70.2 cm³/mol. The summed E-state index contributed by atoms with van der Waals surface area (Å²) >= 11 is 0. The molecule has 0 amide bonds. The van der Waals surface area contributed by atoms with Gasteiger partial charge in [-0.05, 0) is 35.9 Å². The van der Waals surface area contributed by atoms with Crippen LogP contribution in [0.2, 0.25) is 0 Å². The molecular weight excluding hydrogens is 212 g/mol. The lowest BCUT2D eigenvalue weighted by molar-refractivity contribution is 0.527. The highest BCUT2D eigenvalue weighted by atomic mass is 15.2. The van der Waals surface area contributed by atoms with E-state index in [1.807, 2.05) is 0 Å². The van der Waals surface area contributed by atoms with Crippen molar-refractivity contribution in [2.75, 3.05) is 24.5 Å². The van der Waals surface area contributed by atoms with Crippen molar-refractivity contribution in [2.24, 2.45) is 11.0 Å². The van der Waals surface area contributed by atoms with Crippen molar-refractivity contribution in [1.29, 1.82) is 0 Å². The van der Waals surface area contributed by atoms with Crippen molar-refractivity contribution in [3.8, 4) is 0 Å². The van der Waals surface area contributed by atoms with E-state index >= 15 is 0 Å². The van der Waals surface area contributed by atoms with Crippen molar-refractivity contribution in [1.82, 2.24) is 0 Å². The largest absolute Gasteiger partial charge is 0.371 e. The van der Waals surface area contributed by atoms with Crippen molar-refractivity contribution in [2.45, 2.75) is 19.8 Å². The van der Waals surface area contributed by atoms with Gasteiger partial charge in [-0.1, -0.05) is 30.2 Å². The number of fused-ring (bicyclic) bond motifs is 1. The summed E-state index contributed by atoms with van der Waals surface area (Å²) in [4.78, 5) is 5.20. The van der Waals surface area contributed by atoms with Gasteiger partial charge in [0, 0.05) is 30.2 Å². The van der Waals surface area contributed by atoms with Gasteiger partial charge >= 0.3 is 0 Å². The Labute approximate surface area is 102 Å². The van der Waals surface area contributed by atoms with Crippen LogP contribution < -0.4 is 4.90 Å². The van der Waals surface area contributed by atoms with Gasteiger partial charge < -0.3 is 4.90 Å². The topological polar surface area (TPSA) is 52.0 Å². The standard InChI is InChI=1S/C13H18N4/c1-11-9-12-5-2-3-6-13(12)17(10-11)8-4-7-15-16-14/h2-3,5-6,11H,4,7-10H2,1H3. The zero-order valence-corrected chi connectivity index (χ0v) is 10.2. The van der Waals surface area contributed by atoms with E-state index in [2.05, 4.69) is 46.1 Å². The number of hydrogen-bond acceptors (Lipinski definition) is 2. The molecule has 90 valence electrons. The first-order valence-corrected chi connectivity index (χ1v) is 6.15. The van der Waals surface area contributed by atoms with E-state index in [1.54, 1.807) is 0 Å². The molecule has 1 atom stereocenters. The van der Waals surface area contributed by atoms with Gasteiger partial charge in [0.2, 0.25) is 0 Å². The Bertz CT molecular complexity index is 423. The van der Waals surface area contributed by atoms with Crippen LogP contribution in [-0.4, -0.2) is 19.6 Å². The number of nitrogens with zero attached hydrogens (tertiary/aromatic N) is 4. The summed E-state index contributed by atoms with van der Waals surface area (Å²) in [5, 5.41) is 3.59. The Morgan fingerprint density at radius 3 is 3.12 bits per heavy atom. The molecule has 0 fully saturated rings. The predicted octanol–water partition coefficient (Wildman–Crippen LogP) is 3.39. The molecule has 0 N–H and O–H groups in total. The molecule has 0 radical (unpaired) electrons. The summed E-state index contributed by atoms with van der Waals surface area (Å²) in [6, 6.07) is 8.60. The molecule has 2 rings (SSSR count). The lowest BCUT2D eigenvalue weighted by atomic mass is 9.94. The second-order valence-corrected chi connectivity index (χ2v) is 4.69. The van der Waals surface area contributed by atoms with Gasteiger partial charge in [0.1, 0.15) is 0 Å². The average molecular weight is 230 g/mol. The summed E-state index contributed by atoms with van der Waals surface area (Å²) in [5.74, 6) is 0.698. The number of azide groups is 1. The number of anilines is 1. The maximum atomic E-state index is 8.25. The molecule has 0 spiro atoms. The highest BCUT2D eigenvalue weighted by Crippen LogP contribution is 2.29. The molecule has 0 saturated carbocycles. The first kappa shape index (κ1) is 11.8. The number of hydrogen-bond donors (Lipinski definition) is 0. The third-order valence-corrected chi connectivity index (χ3v) is 3.18. The third kappa shape index (κ3) is 2.92. The number of rotatable bonds is 4. The summed E-state index contributed by atoms with van der Waals surface area (Å²) in [6.45, 7) is 4.95. The molecule has 1 aliphatic rings. The Morgan fingerprint density at radius 1 is 1.47 bits per heavy atom. The Morgan fingerprint density at radius 2 is 2.29 bits per heavy atom. The van der Waals surface area contributed by atoms with E-state index in [-0.39, 0.29) is 0 Å². The van der Waals surface area contributed by atoms with Crippen LogP contribution in [0.4, 0.5) is 5.69 Å². The molecule has 0 saturated heterocycles. The Hall–Kier alpha value is -1.67. The quantitative estimate of drug-likeness (QED) is 0.338. The highest BCUT2D eigenvalue weighted by molar-refractivity contribution is 5.55. The average Bonchev–Trinajstić information content (AvgIpc) is 2.34. The van der Waals surface area contributed by atoms with Gasteiger partial charge in [-0.15, -0.1) is 0 Å². The van der Waals surface area contributed by atoms with Crippen molar-refractivity contribution >= 4 is 5.69 Å². The molecule has 0 bridgehead atoms. The first-order chi connectivity index (χ1) is 8.31. The van der Waals surface area contributed by atoms with Gasteiger partial charge in [-0.2, -0.15) is 0 Å². The van der Waals surface area contributed by atoms with Crippen LogP contribution >= 0.6 is 0 Å². The third-order valence-electron chi connectivity index (χ3n) is 3.18. The fourth-order valence-corrected chi connectivity index (χ4v) is 2.50. The lowest BCUT2D eigenvalue weighted by Gasteiger charge is -2.34. The monoisotopic (exact) mass is 230 g/mol. The molecule has 0 aromatic heterocycles. The van der Waals surface area contributed by atoms with Crippen molar-refractivity contribution in [3.05, 3.63) is 40.3 Å². The summed E-state index contributed by atoms with van der Waals surface area (Å²) in [7, 11) is 0. The van der Waals surface area contributed by atoms with Crippen LogP contribution in [0.1, 0.15) is 18.9 Å². The van der Waals surface area contributed by atoms with Gasteiger partial charge in [0.25, 0.3) is 0 Å². The maximum Gasteiger partial charge on any atom is 0.0398 e. The molecule has 0 aliphatic carbocycles. The zero-order chi connectivity index (χ0) is 12.1. The van der Waals surface area contributed by atoms with Crippen molar-refractivity contribution in [3.63, 3.8) is 0 Å². The lowest BCUT2D eigenvalue weighted by Crippen LogP contribution is -2.35. The van der Waals surface area contributed by atoms with E-state index in [4.69, 9.17) is 5.53 Å². The fourth-order valence-electron chi connectivity index (χ4n) is 2.50. The van der Waals surface area contributed by atoms with E-state index in [9.17, 15) is 0 Å². The smallest absolute Gasteiger partial charge is 0.0398 e. The van der Waals surface area contributed by atoms with Crippen LogP contribution in [0.5, 0.6) is 0 Å². The SMILES string of the molecule is CC1Cc2ccccc2N(CCCN=[N+]=[N-])C1. The van der Waals surface area contributed by atoms with Crippen LogP contribution in [0.15, 0.2) is 29.4 Å². The van der Waals surface area contributed by atoms with Crippen LogP contribution in [0, 0.1) is 5.92 Å². The second-order valence-electron chi connectivity index (χ2n) is 4.69. The maximum absolute atomic E-state index is 8.25. The summed E-state index contributed by atoms with van der Waals surface area (Å²) in [5.41, 5.74) is 11.0. The van der Waals surface area contributed by atoms with Gasteiger partial charge in [-0.3, -0.25) is 0 Å². The molecule has 1 heterocycles. The van der Waals surface area contributed by atoms with Crippen molar-refractivity contribution < 1.29 is 0 Å². The van der Waals surface area contributed by atoms with Crippen LogP contribution in [0.25, 0.3) is 10.4 Å². The minimum Gasteiger partial charge on any atom is -0.371 e. The molecule has 1 aromatic carbocycles. The molecular formula is C13H18N4. The molecule has 1 aliphatic heterocycles. The van der Waals surface area contributed by atoms with Gasteiger partial charge in [0.15, 0.2) is 0 Å². The van der Waals surface area contributed by atoms with Gasteiger partial charge in [-0.25, -0.2) is 0 Å². The molecule has 17 heavy (non-hydrogen) atoms. The molecule has 1 aromatic rings. The van der Waals surface area contributed by atoms with E-state index in [0.29, 0.717) is 12.5 Å². The zero-order valence-electron chi connectivity index (χ0n) is 10.2. The Balaban J connectivity index is 2.04. The highest BCUT2D eigenvalue weighted by Gasteiger charge is 2.20. The van der Waals surface area contributed by atoms with E-state index in [1.165, 1.54) is 17.7 Å².